The van der Waals surface area contributed by atoms with Crippen molar-refractivity contribution in [3.05, 3.63) is 28.8 Å². The maximum absolute atomic E-state index is 12.6. The quantitative estimate of drug-likeness (QED) is 0.611. The van der Waals surface area contributed by atoms with Crippen LogP contribution in [0.5, 0.6) is 0 Å². The maximum atomic E-state index is 12.6. The van der Waals surface area contributed by atoms with Crippen LogP contribution < -0.4 is 0 Å². The summed E-state index contributed by atoms with van der Waals surface area (Å²) in [6.07, 6.45) is 0.191. The third-order valence-corrected chi connectivity index (χ3v) is 3.48. The summed E-state index contributed by atoms with van der Waals surface area (Å²) in [4.78, 5) is 11.5. The number of hydrogen-bond acceptors (Lipinski definition) is 4. The lowest BCUT2D eigenvalue weighted by Gasteiger charge is -2.15. The maximum Gasteiger partial charge on any atom is 0.446 e. The number of nitriles is 1. The van der Waals surface area contributed by atoms with Gasteiger partial charge in [-0.1, -0.05) is 6.92 Å². The number of esters is 1. The minimum atomic E-state index is -4.48. The van der Waals surface area contributed by atoms with E-state index in [2.05, 4.69) is 0 Å². The van der Waals surface area contributed by atoms with E-state index in [0.717, 1.165) is 6.07 Å². The Bertz CT molecular complexity index is 565. The molecule has 0 radical (unpaired) electrons. The molecule has 0 fully saturated rings. The van der Waals surface area contributed by atoms with Crippen LogP contribution in [0.1, 0.15) is 30.5 Å². The van der Waals surface area contributed by atoms with Crippen LogP contribution in [0.2, 0.25) is 0 Å². The van der Waals surface area contributed by atoms with Gasteiger partial charge in [-0.2, -0.15) is 18.4 Å². The lowest BCUT2D eigenvalue weighted by molar-refractivity contribution is -0.142. The number of carbonyl (C=O) groups is 1. The molecule has 21 heavy (non-hydrogen) atoms. The molecule has 7 heteroatoms. The minimum absolute atomic E-state index is 0.119. The van der Waals surface area contributed by atoms with E-state index < -0.39 is 11.5 Å². The van der Waals surface area contributed by atoms with Gasteiger partial charge in [0.05, 0.1) is 24.7 Å². The van der Waals surface area contributed by atoms with Crippen molar-refractivity contribution in [3.63, 3.8) is 0 Å². The van der Waals surface area contributed by atoms with E-state index in [1.165, 1.54) is 6.07 Å². The Kier molecular flexibility index (Phi) is 6.09. The summed E-state index contributed by atoms with van der Waals surface area (Å²) in [5.41, 5.74) is -3.51. The largest absolute Gasteiger partial charge is 0.466 e. The highest BCUT2D eigenvalue weighted by Crippen LogP contribution is 2.40. The predicted octanol–water partition coefficient (Wildman–Crippen LogP) is 3.84. The first-order valence-electron chi connectivity index (χ1n) is 6.28. The number of thioether (sulfide) groups is 1. The van der Waals surface area contributed by atoms with Gasteiger partial charge in [0, 0.05) is 4.90 Å². The first-order valence-corrected chi connectivity index (χ1v) is 7.09. The molecule has 0 N–H and O–H groups in total. The Morgan fingerprint density at radius 2 is 2.05 bits per heavy atom. The molecule has 0 unspecified atom stereocenters. The minimum Gasteiger partial charge on any atom is -0.466 e. The highest BCUT2D eigenvalue weighted by molar-refractivity contribution is 8.00. The molecule has 3 nitrogen and oxygen atoms in total. The molecular weight excluding hydrogens is 303 g/mol. The average molecular weight is 317 g/mol. The smallest absolute Gasteiger partial charge is 0.446 e. The lowest BCUT2D eigenvalue weighted by atomic mass is 9.99. The number of halogens is 3. The van der Waals surface area contributed by atoms with Crippen LogP contribution in [-0.4, -0.2) is 18.1 Å². The van der Waals surface area contributed by atoms with Crippen LogP contribution in [0, 0.1) is 11.3 Å². The van der Waals surface area contributed by atoms with Crippen molar-refractivity contribution in [1.82, 2.24) is 0 Å². The van der Waals surface area contributed by atoms with Gasteiger partial charge >= 0.3 is 11.5 Å². The van der Waals surface area contributed by atoms with Crippen molar-refractivity contribution in [3.8, 4) is 6.07 Å². The summed E-state index contributed by atoms with van der Waals surface area (Å²) in [6.45, 7) is 3.55. The van der Waals surface area contributed by atoms with Crippen LogP contribution in [0.15, 0.2) is 17.0 Å². The van der Waals surface area contributed by atoms with Crippen LogP contribution >= 0.6 is 11.8 Å². The van der Waals surface area contributed by atoms with Gasteiger partial charge in [-0.25, -0.2) is 0 Å². The molecule has 0 spiro atoms. The molecule has 0 amide bonds. The summed E-state index contributed by atoms with van der Waals surface area (Å²) in [7, 11) is 0. The Morgan fingerprint density at radius 1 is 1.38 bits per heavy atom. The number of nitrogens with zero attached hydrogens (tertiary/aromatic N) is 1. The number of hydrogen-bond donors (Lipinski definition) is 0. The van der Waals surface area contributed by atoms with Crippen LogP contribution in [0.4, 0.5) is 13.2 Å². The van der Waals surface area contributed by atoms with Gasteiger partial charge < -0.3 is 4.74 Å². The number of alkyl halides is 3. The Morgan fingerprint density at radius 3 is 2.52 bits per heavy atom. The number of carbonyl (C=O) groups excluding carboxylic acids is 1. The molecular formula is C14H14F3NO2S. The molecule has 0 aliphatic carbocycles. The molecule has 1 aromatic rings. The van der Waals surface area contributed by atoms with E-state index in [-0.39, 0.29) is 40.8 Å². The topological polar surface area (TPSA) is 50.1 Å². The zero-order valence-corrected chi connectivity index (χ0v) is 12.4. The zero-order chi connectivity index (χ0) is 16.0. The van der Waals surface area contributed by atoms with Crippen molar-refractivity contribution in [2.75, 3.05) is 6.61 Å². The molecule has 0 aromatic heterocycles. The highest BCUT2D eigenvalue weighted by atomic mass is 32.2. The molecule has 0 aliphatic rings. The van der Waals surface area contributed by atoms with Gasteiger partial charge in [-0.05, 0) is 48.4 Å². The summed E-state index contributed by atoms with van der Waals surface area (Å²) in [5, 5.41) is 8.91. The number of benzene rings is 1. The zero-order valence-electron chi connectivity index (χ0n) is 11.6. The van der Waals surface area contributed by atoms with Gasteiger partial charge in [0.15, 0.2) is 0 Å². The van der Waals surface area contributed by atoms with Crippen LogP contribution in [-0.2, 0) is 22.4 Å². The molecule has 0 saturated carbocycles. The standard InChI is InChI=1S/C14H14F3NO2S/c1-3-10-5-9(8-18)6-12(21-14(15,16)17)11(10)7-13(19)20-4-2/h5-6H,3-4,7H2,1-2H3. The van der Waals surface area contributed by atoms with E-state index in [1.54, 1.807) is 13.8 Å². The second-order valence-electron chi connectivity index (χ2n) is 4.11. The number of rotatable bonds is 5. The van der Waals surface area contributed by atoms with Crippen molar-refractivity contribution in [2.45, 2.75) is 37.1 Å². The van der Waals surface area contributed by atoms with Crippen molar-refractivity contribution >= 4 is 17.7 Å². The normalized spacial score (nSPS) is 11.0. The fraction of sp³-hybridized carbons (Fsp3) is 0.429. The SMILES string of the molecule is CCOC(=O)Cc1c(CC)cc(C#N)cc1SC(F)(F)F. The molecule has 1 rings (SSSR count). The molecule has 0 heterocycles. The van der Waals surface area contributed by atoms with Crippen LogP contribution in [0.25, 0.3) is 0 Å². The first kappa shape index (κ1) is 17.4. The van der Waals surface area contributed by atoms with Gasteiger partial charge in [0.25, 0.3) is 0 Å². The monoisotopic (exact) mass is 317 g/mol. The molecule has 1 aromatic carbocycles. The van der Waals surface area contributed by atoms with Gasteiger partial charge in [-0.3, -0.25) is 4.79 Å². The van der Waals surface area contributed by atoms with Crippen molar-refractivity contribution in [1.29, 1.82) is 5.26 Å². The van der Waals surface area contributed by atoms with E-state index in [0.29, 0.717) is 12.0 Å². The Hall–Kier alpha value is -1.68. The summed E-state index contributed by atoms with van der Waals surface area (Å²) >= 11 is -0.312. The molecule has 0 saturated heterocycles. The second kappa shape index (κ2) is 7.36. The van der Waals surface area contributed by atoms with Crippen LogP contribution in [0.3, 0.4) is 0 Å². The summed E-state index contributed by atoms with van der Waals surface area (Å²) < 4.78 is 42.7. The third-order valence-electron chi connectivity index (χ3n) is 2.66. The molecule has 0 aliphatic heterocycles. The van der Waals surface area contributed by atoms with Gasteiger partial charge in [0.2, 0.25) is 0 Å². The van der Waals surface area contributed by atoms with Crippen molar-refractivity contribution < 1.29 is 22.7 Å². The third kappa shape index (κ3) is 5.31. The fourth-order valence-electron chi connectivity index (χ4n) is 1.86. The van der Waals surface area contributed by atoms with E-state index in [4.69, 9.17) is 10.00 Å². The average Bonchev–Trinajstić information content (AvgIpc) is 2.39. The molecule has 0 atom stereocenters. The van der Waals surface area contributed by atoms with Gasteiger partial charge in [0.1, 0.15) is 0 Å². The molecule has 114 valence electrons. The predicted molar refractivity (Wildman–Crippen MR) is 72.8 cm³/mol. The Balaban J connectivity index is 3.29. The Labute approximate surface area is 125 Å². The highest BCUT2D eigenvalue weighted by Gasteiger charge is 2.31. The van der Waals surface area contributed by atoms with Gasteiger partial charge in [-0.15, -0.1) is 0 Å². The fourth-order valence-corrected chi connectivity index (χ4v) is 2.62. The molecule has 0 bridgehead atoms. The second-order valence-corrected chi connectivity index (χ2v) is 5.21. The summed E-state index contributed by atoms with van der Waals surface area (Å²) in [5.74, 6) is -0.582. The van der Waals surface area contributed by atoms with E-state index >= 15 is 0 Å². The number of aryl methyl sites for hydroxylation is 1. The first-order chi connectivity index (χ1) is 9.80. The lowest BCUT2D eigenvalue weighted by Crippen LogP contribution is -2.12. The van der Waals surface area contributed by atoms with Crippen molar-refractivity contribution in [2.24, 2.45) is 0 Å². The summed E-state index contributed by atoms with van der Waals surface area (Å²) in [6, 6.07) is 4.50. The number of ether oxygens (including phenoxy) is 1. The van der Waals surface area contributed by atoms with E-state index in [1.807, 2.05) is 6.07 Å². The van der Waals surface area contributed by atoms with E-state index in [9.17, 15) is 18.0 Å².